The number of phenols is 1. The molecule has 0 radical (unpaired) electrons. The molecule has 0 saturated heterocycles. The average molecular weight is 430 g/mol. The predicted octanol–water partition coefficient (Wildman–Crippen LogP) is 5.71. The molecular formula is C21H23Cl2F2NO2. The maximum atomic E-state index is 14.8. The van der Waals surface area contributed by atoms with Crippen LogP contribution in [-0.2, 0) is 17.6 Å². The molecule has 0 aliphatic heterocycles. The molecule has 0 fully saturated rings. The largest absolute Gasteiger partial charge is 0.508 e. The smallest absolute Gasteiger partial charge is 0.222 e. The fraction of sp³-hybridized carbons (Fsp3) is 0.381. The molecule has 2 aromatic carbocycles. The lowest BCUT2D eigenvalue weighted by molar-refractivity contribution is -0.128. The number of aryl methyl sites for hydroxylation is 1. The number of halogens is 4. The summed E-state index contributed by atoms with van der Waals surface area (Å²) in [4.78, 5) is 13.2. The Morgan fingerprint density at radius 3 is 2.36 bits per heavy atom. The molecule has 28 heavy (non-hydrogen) atoms. The second-order valence-corrected chi connectivity index (χ2v) is 8.00. The molecule has 0 unspecified atom stereocenters. The molecule has 7 heteroatoms. The van der Waals surface area contributed by atoms with Crippen LogP contribution in [0.1, 0.15) is 48.4 Å². The molecule has 1 amide bonds. The van der Waals surface area contributed by atoms with Crippen LogP contribution in [0.5, 0.6) is 5.75 Å². The van der Waals surface area contributed by atoms with Crippen molar-refractivity contribution in [3.8, 4) is 5.75 Å². The van der Waals surface area contributed by atoms with Gasteiger partial charge in [-0.05, 0) is 41.2 Å². The average Bonchev–Trinajstić information content (AvgIpc) is 2.61. The summed E-state index contributed by atoms with van der Waals surface area (Å²) in [6.07, 6.45) is 0.269. The van der Waals surface area contributed by atoms with Gasteiger partial charge in [-0.1, -0.05) is 43.1 Å². The zero-order chi connectivity index (χ0) is 21.2. The van der Waals surface area contributed by atoms with E-state index in [0.717, 1.165) is 0 Å². The molecule has 2 aromatic rings. The topological polar surface area (TPSA) is 40.5 Å². The molecule has 0 saturated carbocycles. The van der Waals surface area contributed by atoms with Gasteiger partial charge in [0.2, 0.25) is 5.91 Å². The molecule has 2 rings (SSSR count). The van der Waals surface area contributed by atoms with E-state index in [4.69, 9.17) is 23.2 Å². The molecule has 0 aliphatic carbocycles. The van der Waals surface area contributed by atoms with Crippen molar-refractivity contribution in [2.24, 2.45) is 0 Å². The Balaban J connectivity index is 2.37. The van der Waals surface area contributed by atoms with E-state index in [1.165, 1.54) is 23.1 Å². The minimum absolute atomic E-state index is 0.0165. The lowest BCUT2D eigenvalue weighted by atomic mass is 9.94. The van der Waals surface area contributed by atoms with Gasteiger partial charge >= 0.3 is 0 Å². The number of aromatic hydroxyl groups is 1. The van der Waals surface area contributed by atoms with Gasteiger partial charge < -0.3 is 10.0 Å². The fourth-order valence-electron chi connectivity index (χ4n) is 2.99. The number of rotatable bonds is 6. The second-order valence-electron chi connectivity index (χ2n) is 7.22. The van der Waals surface area contributed by atoms with Crippen molar-refractivity contribution in [2.45, 2.75) is 39.0 Å². The van der Waals surface area contributed by atoms with E-state index >= 15 is 0 Å². The summed E-state index contributed by atoms with van der Waals surface area (Å²) in [6, 6.07) is 4.28. The van der Waals surface area contributed by atoms with Gasteiger partial charge in [-0.2, -0.15) is 0 Å². The van der Waals surface area contributed by atoms with E-state index < -0.39 is 11.6 Å². The summed E-state index contributed by atoms with van der Waals surface area (Å²) in [5.74, 6) is -1.69. The van der Waals surface area contributed by atoms with Gasteiger partial charge in [0.25, 0.3) is 0 Å². The Morgan fingerprint density at radius 1 is 1.14 bits per heavy atom. The van der Waals surface area contributed by atoms with Crippen molar-refractivity contribution < 1.29 is 18.7 Å². The first kappa shape index (κ1) is 22.4. The molecule has 0 aliphatic rings. The number of benzene rings is 2. The van der Waals surface area contributed by atoms with Crippen LogP contribution in [0.4, 0.5) is 8.78 Å². The Labute approximate surface area is 173 Å². The number of phenolic OH excluding ortho intramolecular Hbond substituents is 1. The highest BCUT2D eigenvalue weighted by Crippen LogP contribution is 2.36. The van der Waals surface area contributed by atoms with E-state index in [9.17, 15) is 18.7 Å². The molecule has 1 N–H and O–H groups in total. The summed E-state index contributed by atoms with van der Waals surface area (Å²) in [6.45, 7) is 3.54. The van der Waals surface area contributed by atoms with Crippen molar-refractivity contribution in [3.63, 3.8) is 0 Å². The Morgan fingerprint density at radius 2 is 1.79 bits per heavy atom. The van der Waals surface area contributed by atoms with E-state index in [-0.39, 0.29) is 69.1 Å². The SMILES string of the molecule is CC(C)c1c(O)ccc(Cc2c(Cl)cc(CCC(=O)N(C)C)c(F)c2Cl)c1F. The van der Waals surface area contributed by atoms with E-state index in [2.05, 4.69) is 0 Å². The molecule has 0 aromatic heterocycles. The standard InChI is InChI=1S/C21H23Cl2F2NO2/c1-11(2)18-16(27)7-5-12(20(18)24)9-14-15(22)10-13(21(25)19(14)23)6-8-17(28)26(3)4/h5,7,10-11,27H,6,8-9H2,1-4H3. The summed E-state index contributed by atoms with van der Waals surface area (Å²) in [5, 5.41) is 9.93. The minimum Gasteiger partial charge on any atom is -0.508 e. The molecule has 0 bridgehead atoms. The normalized spacial score (nSPS) is 11.2. The van der Waals surface area contributed by atoms with Crippen LogP contribution in [0.25, 0.3) is 0 Å². The van der Waals surface area contributed by atoms with E-state index in [1.54, 1.807) is 27.9 Å². The van der Waals surface area contributed by atoms with Crippen LogP contribution in [0.2, 0.25) is 10.0 Å². The third-order valence-electron chi connectivity index (χ3n) is 4.62. The van der Waals surface area contributed by atoms with Gasteiger partial charge in [-0.3, -0.25) is 4.79 Å². The van der Waals surface area contributed by atoms with Gasteiger partial charge in [-0.25, -0.2) is 8.78 Å². The number of carbonyl (C=O) groups is 1. The molecule has 0 heterocycles. The lowest BCUT2D eigenvalue weighted by Crippen LogP contribution is -2.22. The summed E-state index contributed by atoms with van der Waals surface area (Å²) in [7, 11) is 3.25. The van der Waals surface area contributed by atoms with Gasteiger partial charge in [0.1, 0.15) is 17.4 Å². The van der Waals surface area contributed by atoms with Gasteiger partial charge in [-0.15, -0.1) is 0 Å². The first-order valence-corrected chi connectivity index (χ1v) is 9.65. The first-order valence-electron chi connectivity index (χ1n) is 8.90. The second kappa shape index (κ2) is 9.10. The Bertz CT molecular complexity index is 899. The summed E-state index contributed by atoms with van der Waals surface area (Å²) < 4.78 is 29.5. The molecular weight excluding hydrogens is 407 g/mol. The Kier molecular flexibility index (Phi) is 7.29. The highest BCUT2D eigenvalue weighted by molar-refractivity contribution is 6.36. The number of carbonyl (C=O) groups excluding carboxylic acids is 1. The highest BCUT2D eigenvalue weighted by atomic mass is 35.5. The number of hydrogen-bond donors (Lipinski definition) is 1. The third kappa shape index (κ3) is 4.76. The number of hydrogen-bond acceptors (Lipinski definition) is 2. The zero-order valence-electron chi connectivity index (χ0n) is 16.2. The van der Waals surface area contributed by atoms with Crippen LogP contribution in [0.3, 0.4) is 0 Å². The first-order chi connectivity index (χ1) is 13.0. The maximum absolute atomic E-state index is 14.8. The van der Waals surface area contributed by atoms with Gasteiger partial charge in [0.15, 0.2) is 0 Å². The molecule has 0 atom stereocenters. The molecule has 3 nitrogen and oxygen atoms in total. The lowest BCUT2D eigenvalue weighted by Gasteiger charge is -2.16. The van der Waals surface area contributed by atoms with E-state index in [0.29, 0.717) is 0 Å². The van der Waals surface area contributed by atoms with Crippen molar-refractivity contribution >= 4 is 29.1 Å². The van der Waals surface area contributed by atoms with Gasteiger partial charge in [0, 0.05) is 37.5 Å². The van der Waals surface area contributed by atoms with Crippen LogP contribution < -0.4 is 0 Å². The maximum Gasteiger partial charge on any atom is 0.222 e. The van der Waals surface area contributed by atoms with Gasteiger partial charge in [0.05, 0.1) is 5.02 Å². The van der Waals surface area contributed by atoms with Crippen molar-refractivity contribution in [2.75, 3.05) is 14.1 Å². The summed E-state index contributed by atoms with van der Waals surface area (Å²) >= 11 is 12.5. The number of nitrogens with zero attached hydrogens (tertiary/aromatic N) is 1. The van der Waals surface area contributed by atoms with E-state index in [1.807, 2.05) is 0 Å². The minimum atomic E-state index is -0.657. The Hall–Kier alpha value is -1.85. The zero-order valence-corrected chi connectivity index (χ0v) is 17.8. The number of amides is 1. The van der Waals surface area contributed by atoms with Crippen LogP contribution >= 0.6 is 23.2 Å². The van der Waals surface area contributed by atoms with Crippen molar-refractivity contribution in [3.05, 3.63) is 62.1 Å². The fourth-order valence-corrected chi connectivity index (χ4v) is 3.63. The van der Waals surface area contributed by atoms with Crippen LogP contribution in [-0.4, -0.2) is 30.0 Å². The van der Waals surface area contributed by atoms with Crippen LogP contribution in [0, 0.1) is 11.6 Å². The van der Waals surface area contributed by atoms with Crippen LogP contribution in [0.15, 0.2) is 18.2 Å². The predicted molar refractivity (Wildman–Crippen MR) is 108 cm³/mol. The van der Waals surface area contributed by atoms with Crippen molar-refractivity contribution in [1.82, 2.24) is 4.90 Å². The summed E-state index contributed by atoms with van der Waals surface area (Å²) in [5.41, 5.74) is 0.968. The molecule has 152 valence electrons. The third-order valence-corrected chi connectivity index (χ3v) is 5.35. The molecule has 0 spiro atoms. The van der Waals surface area contributed by atoms with Crippen molar-refractivity contribution in [1.29, 1.82) is 0 Å². The quantitative estimate of drug-likeness (QED) is 0.597. The highest BCUT2D eigenvalue weighted by Gasteiger charge is 2.21. The monoisotopic (exact) mass is 429 g/mol.